The summed E-state index contributed by atoms with van der Waals surface area (Å²) in [6.45, 7) is 0. The third-order valence-electron chi connectivity index (χ3n) is 4.73. The summed E-state index contributed by atoms with van der Waals surface area (Å²) in [6.07, 6.45) is 7.21. The summed E-state index contributed by atoms with van der Waals surface area (Å²) >= 11 is 0. The van der Waals surface area contributed by atoms with Gasteiger partial charge in [0.25, 0.3) is 0 Å². The van der Waals surface area contributed by atoms with Gasteiger partial charge in [0.1, 0.15) is 17.5 Å². The SMILES string of the molecule is Nc1nc(C2CCC2)nn2cnc(-c3ccc4[nH]ccc4c3)c12. The molecule has 1 aromatic carbocycles. The molecule has 0 radical (unpaired) electrons. The molecule has 3 aromatic heterocycles. The van der Waals surface area contributed by atoms with Gasteiger partial charge in [0.2, 0.25) is 0 Å². The van der Waals surface area contributed by atoms with E-state index >= 15 is 0 Å². The monoisotopic (exact) mass is 304 g/mol. The Morgan fingerprint density at radius 3 is 2.96 bits per heavy atom. The predicted octanol–water partition coefficient (Wildman–Crippen LogP) is 3.12. The molecule has 1 fully saturated rings. The fraction of sp³-hybridized carbons (Fsp3) is 0.235. The molecule has 0 bridgehead atoms. The van der Waals surface area contributed by atoms with Crippen LogP contribution in [0.4, 0.5) is 5.82 Å². The third-order valence-corrected chi connectivity index (χ3v) is 4.73. The normalized spacial score (nSPS) is 15.3. The number of aromatic nitrogens is 5. The van der Waals surface area contributed by atoms with E-state index in [4.69, 9.17) is 5.73 Å². The van der Waals surface area contributed by atoms with Gasteiger partial charge in [-0.05, 0) is 31.0 Å². The number of hydrogen-bond donors (Lipinski definition) is 2. The van der Waals surface area contributed by atoms with Crippen LogP contribution in [-0.4, -0.2) is 24.6 Å². The summed E-state index contributed by atoms with van der Waals surface area (Å²) in [7, 11) is 0. The first-order valence-corrected chi connectivity index (χ1v) is 7.88. The zero-order valence-electron chi connectivity index (χ0n) is 12.5. The zero-order chi connectivity index (χ0) is 15.4. The Hall–Kier alpha value is -2.89. The molecule has 3 heterocycles. The number of fused-ring (bicyclic) bond motifs is 2. The van der Waals surface area contributed by atoms with Crippen molar-refractivity contribution in [1.29, 1.82) is 0 Å². The average Bonchev–Trinajstić information content (AvgIpc) is 3.10. The van der Waals surface area contributed by atoms with Gasteiger partial charge in [-0.25, -0.2) is 14.5 Å². The number of imidazole rings is 1. The minimum atomic E-state index is 0.448. The second-order valence-electron chi connectivity index (χ2n) is 6.15. The smallest absolute Gasteiger partial charge is 0.154 e. The molecule has 1 aliphatic rings. The van der Waals surface area contributed by atoms with Crippen molar-refractivity contribution in [2.45, 2.75) is 25.2 Å². The van der Waals surface area contributed by atoms with E-state index in [2.05, 4.69) is 32.2 Å². The summed E-state index contributed by atoms with van der Waals surface area (Å²) < 4.78 is 1.77. The van der Waals surface area contributed by atoms with E-state index in [1.54, 1.807) is 10.8 Å². The molecule has 5 rings (SSSR count). The minimum Gasteiger partial charge on any atom is -0.382 e. The van der Waals surface area contributed by atoms with Gasteiger partial charge in [-0.1, -0.05) is 12.5 Å². The molecule has 23 heavy (non-hydrogen) atoms. The predicted molar refractivity (Wildman–Crippen MR) is 89.1 cm³/mol. The number of nitrogen functional groups attached to an aromatic ring is 1. The van der Waals surface area contributed by atoms with Crippen LogP contribution in [0.5, 0.6) is 0 Å². The molecule has 0 amide bonds. The van der Waals surface area contributed by atoms with Crippen LogP contribution in [0.1, 0.15) is 31.0 Å². The molecule has 0 unspecified atom stereocenters. The maximum atomic E-state index is 6.23. The highest BCUT2D eigenvalue weighted by atomic mass is 15.3. The number of nitrogens with two attached hydrogens (primary N) is 1. The molecule has 4 aromatic rings. The maximum Gasteiger partial charge on any atom is 0.154 e. The van der Waals surface area contributed by atoms with Crippen molar-refractivity contribution in [2.24, 2.45) is 0 Å². The van der Waals surface area contributed by atoms with Crippen LogP contribution in [0, 0.1) is 0 Å². The fourth-order valence-electron chi connectivity index (χ4n) is 3.21. The highest BCUT2D eigenvalue weighted by Gasteiger charge is 2.24. The van der Waals surface area contributed by atoms with E-state index in [9.17, 15) is 0 Å². The molecule has 0 aliphatic heterocycles. The number of rotatable bonds is 2. The second-order valence-corrected chi connectivity index (χ2v) is 6.15. The number of nitrogens with one attached hydrogen (secondary N) is 1. The number of aromatic amines is 1. The topological polar surface area (TPSA) is 84.9 Å². The lowest BCUT2D eigenvalue weighted by atomic mass is 9.85. The van der Waals surface area contributed by atoms with E-state index in [1.807, 2.05) is 18.3 Å². The lowest BCUT2D eigenvalue weighted by molar-refractivity contribution is 0.397. The first-order valence-electron chi connectivity index (χ1n) is 7.88. The number of benzene rings is 1. The lowest BCUT2D eigenvalue weighted by Gasteiger charge is -2.23. The Bertz CT molecular complexity index is 1020. The van der Waals surface area contributed by atoms with Crippen LogP contribution in [0.3, 0.4) is 0 Å². The first kappa shape index (κ1) is 12.6. The van der Waals surface area contributed by atoms with E-state index in [-0.39, 0.29) is 0 Å². The highest BCUT2D eigenvalue weighted by Crippen LogP contribution is 2.35. The molecule has 1 aliphatic carbocycles. The van der Waals surface area contributed by atoms with Crippen LogP contribution in [0.15, 0.2) is 36.8 Å². The molecule has 3 N–H and O–H groups in total. The van der Waals surface area contributed by atoms with Gasteiger partial charge in [-0.3, -0.25) is 0 Å². The first-order chi connectivity index (χ1) is 11.3. The lowest BCUT2D eigenvalue weighted by Crippen LogP contribution is -2.15. The van der Waals surface area contributed by atoms with Crippen molar-refractivity contribution in [3.05, 3.63) is 42.6 Å². The second kappa shape index (κ2) is 4.55. The Labute approximate surface area is 132 Å². The van der Waals surface area contributed by atoms with Gasteiger partial charge in [0, 0.05) is 28.6 Å². The van der Waals surface area contributed by atoms with Crippen LogP contribution in [-0.2, 0) is 0 Å². The van der Waals surface area contributed by atoms with E-state index < -0.39 is 0 Å². The number of nitrogens with zero attached hydrogens (tertiary/aromatic N) is 4. The van der Waals surface area contributed by atoms with Crippen LogP contribution >= 0.6 is 0 Å². The van der Waals surface area contributed by atoms with Gasteiger partial charge in [0.05, 0.1) is 0 Å². The van der Waals surface area contributed by atoms with Crippen molar-refractivity contribution in [3.63, 3.8) is 0 Å². The molecular formula is C17H16N6. The van der Waals surface area contributed by atoms with Gasteiger partial charge >= 0.3 is 0 Å². The maximum absolute atomic E-state index is 6.23. The van der Waals surface area contributed by atoms with Crippen LogP contribution in [0.2, 0.25) is 0 Å². The van der Waals surface area contributed by atoms with Gasteiger partial charge in [-0.15, -0.1) is 0 Å². The van der Waals surface area contributed by atoms with Gasteiger partial charge in [0.15, 0.2) is 11.6 Å². The third kappa shape index (κ3) is 1.84. The molecule has 6 heteroatoms. The molecule has 0 atom stereocenters. The van der Waals surface area contributed by atoms with Crippen molar-refractivity contribution >= 4 is 22.2 Å². The molecular weight excluding hydrogens is 288 g/mol. The van der Waals surface area contributed by atoms with E-state index in [0.717, 1.165) is 46.3 Å². The quantitative estimate of drug-likeness (QED) is 0.596. The van der Waals surface area contributed by atoms with Crippen LogP contribution < -0.4 is 5.73 Å². The van der Waals surface area contributed by atoms with Gasteiger partial charge < -0.3 is 10.7 Å². The van der Waals surface area contributed by atoms with E-state index in [0.29, 0.717) is 11.7 Å². The Morgan fingerprint density at radius 2 is 2.13 bits per heavy atom. The summed E-state index contributed by atoms with van der Waals surface area (Å²) in [6, 6.07) is 8.25. The van der Waals surface area contributed by atoms with E-state index in [1.165, 1.54) is 6.42 Å². The molecule has 0 saturated heterocycles. The number of H-pyrrole nitrogens is 1. The summed E-state index contributed by atoms with van der Waals surface area (Å²) in [5.74, 6) is 1.79. The Morgan fingerprint density at radius 1 is 1.22 bits per heavy atom. The largest absolute Gasteiger partial charge is 0.382 e. The number of anilines is 1. The Balaban J connectivity index is 1.69. The average molecular weight is 304 g/mol. The molecule has 0 spiro atoms. The zero-order valence-corrected chi connectivity index (χ0v) is 12.5. The van der Waals surface area contributed by atoms with Crippen molar-refractivity contribution in [1.82, 2.24) is 24.6 Å². The Kier molecular flexibility index (Phi) is 2.50. The van der Waals surface area contributed by atoms with Crippen LogP contribution in [0.25, 0.3) is 27.7 Å². The molecule has 114 valence electrons. The number of hydrogen-bond acceptors (Lipinski definition) is 4. The fourth-order valence-corrected chi connectivity index (χ4v) is 3.21. The van der Waals surface area contributed by atoms with Gasteiger partial charge in [-0.2, -0.15) is 5.10 Å². The molecule has 6 nitrogen and oxygen atoms in total. The van der Waals surface area contributed by atoms with Crippen molar-refractivity contribution < 1.29 is 0 Å². The van der Waals surface area contributed by atoms with Crippen molar-refractivity contribution in [2.75, 3.05) is 5.73 Å². The summed E-state index contributed by atoms with van der Waals surface area (Å²) in [4.78, 5) is 12.3. The summed E-state index contributed by atoms with van der Waals surface area (Å²) in [5.41, 5.74) is 9.96. The van der Waals surface area contributed by atoms with Crippen molar-refractivity contribution in [3.8, 4) is 11.3 Å². The highest BCUT2D eigenvalue weighted by molar-refractivity contribution is 5.90. The standard InChI is InChI=1S/C17H16N6/c18-16-15-14(12-4-5-13-11(8-12)6-7-19-13)20-9-23(15)22-17(21-16)10-2-1-3-10/h4-10,19H,1-3H2,(H2,18,21,22). The summed E-state index contributed by atoms with van der Waals surface area (Å²) in [5, 5.41) is 5.76. The molecule has 1 saturated carbocycles. The minimum absolute atomic E-state index is 0.448.